The van der Waals surface area contributed by atoms with E-state index in [0.29, 0.717) is 0 Å². The van der Waals surface area contributed by atoms with Crippen LogP contribution in [-0.2, 0) is 0 Å². The number of aromatic nitrogens is 2. The van der Waals surface area contributed by atoms with Crippen molar-refractivity contribution in [2.24, 2.45) is 5.92 Å². The van der Waals surface area contributed by atoms with Crippen molar-refractivity contribution in [2.75, 3.05) is 37.7 Å². The van der Waals surface area contributed by atoms with Gasteiger partial charge in [0.2, 0.25) is 0 Å². The first-order valence-electron chi connectivity index (χ1n) is 7.15. The van der Waals surface area contributed by atoms with Crippen LogP contribution in [0.5, 0.6) is 0 Å². The Balaban J connectivity index is 1.72. The van der Waals surface area contributed by atoms with E-state index >= 15 is 0 Å². The largest absolute Gasteiger partial charge is 0.399 e. The van der Waals surface area contributed by atoms with Crippen LogP contribution in [0.3, 0.4) is 0 Å². The smallest absolute Gasteiger partial charge is 0.137 e. The summed E-state index contributed by atoms with van der Waals surface area (Å²) in [4.78, 5) is 11.0. The zero-order valence-electron chi connectivity index (χ0n) is 11.8. The Kier molecular flexibility index (Phi) is 3.69. The predicted molar refractivity (Wildman–Crippen MR) is 82.7 cm³/mol. The summed E-state index contributed by atoms with van der Waals surface area (Å²) < 4.78 is 0. The van der Waals surface area contributed by atoms with Gasteiger partial charge >= 0.3 is 0 Å². The van der Waals surface area contributed by atoms with Crippen LogP contribution in [0.2, 0.25) is 0 Å². The maximum absolute atomic E-state index is 5.86. The van der Waals surface area contributed by atoms with Gasteiger partial charge in [0.1, 0.15) is 12.1 Å². The SMILES string of the molecule is CN1CCC(CNc2ncnc3ccc(N)cc23)CC1. The first-order valence-corrected chi connectivity index (χ1v) is 7.15. The molecule has 20 heavy (non-hydrogen) atoms. The van der Waals surface area contributed by atoms with Crippen LogP contribution in [0.25, 0.3) is 10.9 Å². The van der Waals surface area contributed by atoms with Gasteiger partial charge in [-0.25, -0.2) is 9.97 Å². The lowest BCUT2D eigenvalue weighted by Crippen LogP contribution is -2.33. The molecule has 2 heterocycles. The normalized spacial score (nSPS) is 17.4. The van der Waals surface area contributed by atoms with Crippen molar-refractivity contribution >= 4 is 22.4 Å². The molecule has 0 saturated carbocycles. The van der Waals surface area contributed by atoms with E-state index in [4.69, 9.17) is 5.73 Å². The minimum absolute atomic E-state index is 0.720. The van der Waals surface area contributed by atoms with Crippen LogP contribution in [0.1, 0.15) is 12.8 Å². The molecule has 106 valence electrons. The van der Waals surface area contributed by atoms with E-state index in [9.17, 15) is 0 Å². The monoisotopic (exact) mass is 271 g/mol. The topological polar surface area (TPSA) is 67.1 Å². The highest BCUT2D eigenvalue weighted by atomic mass is 15.1. The molecule has 5 nitrogen and oxygen atoms in total. The maximum Gasteiger partial charge on any atom is 0.137 e. The van der Waals surface area contributed by atoms with Crippen molar-refractivity contribution in [3.05, 3.63) is 24.5 Å². The summed E-state index contributed by atoms with van der Waals surface area (Å²) >= 11 is 0. The summed E-state index contributed by atoms with van der Waals surface area (Å²) in [5.41, 5.74) is 7.53. The third-order valence-corrected chi connectivity index (χ3v) is 4.06. The zero-order chi connectivity index (χ0) is 13.9. The summed E-state index contributed by atoms with van der Waals surface area (Å²) in [6, 6.07) is 5.75. The number of nitrogen functional groups attached to an aromatic ring is 1. The van der Waals surface area contributed by atoms with Gasteiger partial charge in [0.15, 0.2) is 0 Å². The number of piperidine rings is 1. The second-order valence-electron chi connectivity index (χ2n) is 5.63. The Morgan fingerprint density at radius 2 is 2.10 bits per heavy atom. The molecule has 3 rings (SSSR count). The standard InChI is InChI=1S/C15H21N5/c1-20-6-4-11(5-7-20)9-17-15-13-8-12(16)2-3-14(13)18-10-19-15/h2-3,8,10-11H,4-7,9,16H2,1H3,(H,17,18,19). The van der Waals surface area contributed by atoms with Crippen molar-refractivity contribution in [3.8, 4) is 0 Å². The highest BCUT2D eigenvalue weighted by Crippen LogP contribution is 2.23. The Labute approximate surface area is 119 Å². The Hall–Kier alpha value is -1.88. The van der Waals surface area contributed by atoms with Crippen molar-refractivity contribution in [3.63, 3.8) is 0 Å². The van der Waals surface area contributed by atoms with Gasteiger partial charge in [-0.15, -0.1) is 0 Å². The molecule has 0 atom stereocenters. The van der Waals surface area contributed by atoms with E-state index in [2.05, 4.69) is 27.2 Å². The molecule has 2 aromatic rings. The molecule has 1 saturated heterocycles. The number of nitrogens with two attached hydrogens (primary N) is 1. The number of benzene rings is 1. The molecule has 0 radical (unpaired) electrons. The van der Waals surface area contributed by atoms with Crippen LogP contribution >= 0.6 is 0 Å². The third kappa shape index (κ3) is 2.82. The molecule has 0 amide bonds. The molecule has 3 N–H and O–H groups in total. The fraction of sp³-hybridized carbons (Fsp3) is 0.467. The van der Waals surface area contributed by atoms with Crippen LogP contribution in [0.15, 0.2) is 24.5 Å². The first-order chi connectivity index (χ1) is 9.72. The summed E-state index contributed by atoms with van der Waals surface area (Å²) in [5, 5.41) is 4.47. The molecular formula is C15H21N5. The average Bonchev–Trinajstić information content (AvgIpc) is 2.47. The van der Waals surface area contributed by atoms with Gasteiger partial charge in [-0.3, -0.25) is 0 Å². The van der Waals surface area contributed by atoms with Gasteiger partial charge in [-0.1, -0.05) is 0 Å². The molecule has 1 aromatic carbocycles. The molecular weight excluding hydrogens is 250 g/mol. The molecule has 0 unspecified atom stereocenters. The fourth-order valence-corrected chi connectivity index (χ4v) is 2.72. The Morgan fingerprint density at radius 3 is 2.90 bits per heavy atom. The molecule has 0 bridgehead atoms. The third-order valence-electron chi connectivity index (χ3n) is 4.06. The number of likely N-dealkylation sites (tertiary alicyclic amines) is 1. The average molecular weight is 271 g/mol. The van der Waals surface area contributed by atoms with Gasteiger partial charge in [0.05, 0.1) is 5.52 Å². The van der Waals surface area contributed by atoms with Crippen LogP contribution in [-0.4, -0.2) is 41.5 Å². The van der Waals surface area contributed by atoms with E-state index in [0.717, 1.165) is 34.9 Å². The lowest BCUT2D eigenvalue weighted by Gasteiger charge is -2.29. The second-order valence-corrected chi connectivity index (χ2v) is 5.63. The first kappa shape index (κ1) is 13.1. The molecule has 0 spiro atoms. The summed E-state index contributed by atoms with van der Waals surface area (Å²) in [7, 11) is 2.18. The number of nitrogens with one attached hydrogen (secondary N) is 1. The molecule has 0 aliphatic carbocycles. The molecule has 1 aliphatic rings. The summed E-state index contributed by atoms with van der Waals surface area (Å²) in [6.45, 7) is 3.34. The van der Waals surface area contributed by atoms with E-state index < -0.39 is 0 Å². The number of hydrogen-bond donors (Lipinski definition) is 2. The fourth-order valence-electron chi connectivity index (χ4n) is 2.72. The van der Waals surface area contributed by atoms with Gasteiger partial charge in [0, 0.05) is 17.6 Å². The van der Waals surface area contributed by atoms with E-state index in [1.54, 1.807) is 6.33 Å². The zero-order valence-corrected chi connectivity index (χ0v) is 11.8. The molecule has 1 fully saturated rings. The number of anilines is 2. The van der Waals surface area contributed by atoms with Crippen molar-refractivity contribution < 1.29 is 0 Å². The van der Waals surface area contributed by atoms with E-state index in [1.165, 1.54) is 25.9 Å². The quantitative estimate of drug-likeness (QED) is 0.835. The van der Waals surface area contributed by atoms with Crippen LogP contribution < -0.4 is 11.1 Å². The van der Waals surface area contributed by atoms with E-state index in [-0.39, 0.29) is 0 Å². The minimum atomic E-state index is 0.720. The van der Waals surface area contributed by atoms with Gasteiger partial charge in [-0.2, -0.15) is 0 Å². The Bertz CT molecular complexity index is 590. The van der Waals surface area contributed by atoms with Crippen molar-refractivity contribution in [1.29, 1.82) is 0 Å². The second kappa shape index (κ2) is 5.63. The molecule has 1 aromatic heterocycles. The highest BCUT2D eigenvalue weighted by molar-refractivity contribution is 5.91. The lowest BCUT2D eigenvalue weighted by molar-refractivity contribution is 0.226. The number of fused-ring (bicyclic) bond motifs is 1. The highest BCUT2D eigenvalue weighted by Gasteiger charge is 2.16. The Morgan fingerprint density at radius 1 is 1.30 bits per heavy atom. The molecule has 5 heteroatoms. The molecule has 1 aliphatic heterocycles. The number of rotatable bonds is 3. The summed E-state index contributed by atoms with van der Waals surface area (Å²) in [5.74, 6) is 1.61. The van der Waals surface area contributed by atoms with Gasteiger partial charge in [-0.05, 0) is 57.1 Å². The van der Waals surface area contributed by atoms with Gasteiger partial charge in [0.25, 0.3) is 0 Å². The minimum Gasteiger partial charge on any atom is -0.399 e. The van der Waals surface area contributed by atoms with Crippen LogP contribution in [0, 0.1) is 5.92 Å². The van der Waals surface area contributed by atoms with Crippen molar-refractivity contribution in [1.82, 2.24) is 14.9 Å². The maximum atomic E-state index is 5.86. The summed E-state index contributed by atoms with van der Waals surface area (Å²) in [6.07, 6.45) is 4.10. The lowest BCUT2D eigenvalue weighted by atomic mass is 9.97. The van der Waals surface area contributed by atoms with E-state index in [1.807, 2.05) is 18.2 Å². The van der Waals surface area contributed by atoms with Crippen molar-refractivity contribution in [2.45, 2.75) is 12.8 Å². The number of nitrogens with zero attached hydrogens (tertiary/aromatic N) is 3. The number of hydrogen-bond acceptors (Lipinski definition) is 5. The van der Waals surface area contributed by atoms with Crippen LogP contribution in [0.4, 0.5) is 11.5 Å². The predicted octanol–water partition coefficient (Wildman–Crippen LogP) is 1.97. The van der Waals surface area contributed by atoms with Gasteiger partial charge < -0.3 is 16.0 Å².